The van der Waals surface area contributed by atoms with Crippen LogP contribution in [0.3, 0.4) is 0 Å². The van der Waals surface area contributed by atoms with Gasteiger partial charge in [-0.15, -0.1) is 0 Å². The largest absolute Gasteiger partial charge is 0.379 e. The Kier molecular flexibility index (Phi) is 7.82. The Morgan fingerprint density at radius 1 is 1.18 bits per heavy atom. The van der Waals surface area contributed by atoms with Crippen LogP contribution in [0.1, 0.15) is 48.2 Å². The molecule has 0 aromatic carbocycles. The molecule has 0 bridgehead atoms. The Balaban J connectivity index is 1.65. The summed E-state index contributed by atoms with van der Waals surface area (Å²) in [6, 6.07) is 0. The fourth-order valence-electron chi connectivity index (χ4n) is 4.65. The third-order valence-electron chi connectivity index (χ3n) is 6.51. The summed E-state index contributed by atoms with van der Waals surface area (Å²) >= 11 is 12.7. The molecule has 0 unspecified atom stereocenters. The number of ether oxygens (including phenoxy) is 1. The average molecular weight is 507 g/mol. The summed E-state index contributed by atoms with van der Waals surface area (Å²) in [4.78, 5) is 23.8. The van der Waals surface area contributed by atoms with Crippen molar-refractivity contribution in [2.45, 2.75) is 39.5 Å². The van der Waals surface area contributed by atoms with E-state index < -0.39 is 5.91 Å². The highest BCUT2D eigenvalue weighted by molar-refractivity contribution is 6.39. The molecule has 34 heavy (non-hydrogen) atoms. The van der Waals surface area contributed by atoms with Gasteiger partial charge in [-0.3, -0.25) is 14.7 Å². The van der Waals surface area contributed by atoms with Crippen molar-refractivity contribution in [3.8, 4) is 0 Å². The van der Waals surface area contributed by atoms with Crippen LogP contribution in [-0.4, -0.2) is 60.2 Å². The number of hydrogen-bond donors (Lipinski definition) is 3. The van der Waals surface area contributed by atoms with Crippen molar-refractivity contribution in [3.63, 3.8) is 0 Å². The molecular weight excluding hydrogens is 475 g/mol. The topological polar surface area (TPSA) is 105 Å². The lowest BCUT2D eigenvalue weighted by atomic mass is 9.73. The molecule has 1 saturated heterocycles. The zero-order valence-corrected chi connectivity index (χ0v) is 21.2. The van der Waals surface area contributed by atoms with Gasteiger partial charge in [0.15, 0.2) is 0 Å². The predicted molar refractivity (Wildman–Crippen MR) is 136 cm³/mol. The summed E-state index contributed by atoms with van der Waals surface area (Å²) in [5, 5.41) is 7.50. The molecule has 4 N–H and O–H groups in total. The van der Waals surface area contributed by atoms with E-state index in [0.29, 0.717) is 39.5 Å². The molecule has 1 aliphatic heterocycles. The third-order valence-corrected chi connectivity index (χ3v) is 7.08. The van der Waals surface area contributed by atoms with E-state index in [1.165, 1.54) is 12.4 Å². The van der Waals surface area contributed by atoms with E-state index in [4.69, 9.17) is 38.7 Å². The Morgan fingerprint density at radius 3 is 2.56 bits per heavy atom. The number of rotatable bonds is 8. The number of amides is 1. The first-order valence-electron chi connectivity index (χ1n) is 11.7. The highest BCUT2D eigenvalue weighted by Gasteiger charge is 2.33. The number of nitrogens with one attached hydrogen (secondary N) is 2. The minimum absolute atomic E-state index is 0.0510. The summed E-state index contributed by atoms with van der Waals surface area (Å²) < 4.78 is 5.42. The summed E-state index contributed by atoms with van der Waals surface area (Å²) in [6.07, 6.45) is 6.46. The van der Waals surface area contributed by atoms with Gasteiger partial charge in [-0.05, 0) is 48.8 Å². The van der Waals surface area contributed by atoms with E-state index in [2.05, 4.69) is 34.4 Å². The number of fused-ring (bicyclic) bond motifs is 1. The van der Waals surface area contributed by atoms with E-state index in [9.17, 15) is 4.79 Å². The molecule has 0 radical (unpaired) electrons. The van der Waals surface area contributed by atoms with Crippen molar-refractivity contribution >= 4 is 46.4 Å². The fourth-order valence-corrected chi connectivity index (χ4v) is 5.11. The standard InChI is InChI=1S/C24H32Cl2N6O2/c1-24(2)5-4-15-16(12-24)19(21(27)33)23(29-6-3-7-32-8-10-34-11-9-32)31-22(15)30-20-17(25)13-28-14-18(20)26/h13-14H,3-12H2,1-2H3,(H2,27,33)(H2,28,29,30,31). The number of carbonyl (C=O) groups is 1. The maximum atomic E-state index is 12.6. The Labute approximate surface area is 210 Å². The lowest BCUT2D eigenvalue weighted by Crippen LogP contribution is -2.37. The third kappa shape index (κ3) is 5.74. The quantitative estimate of drug-likeness (QED) is 0.458. The summed E-state index contributed by atoms with van der Waals surface area (Å²) in [5.74, 6) is 0.666. The van der Waals surface area contributed by atoms with E-state index in [0.717, 1.165) is 69.7 Å². The minimum Gasteiger partial charge on any atom is -0.379 e. The number of pyridine rings is 2. The number of hydrogen-bond acceptors (Lipinski definition) is 7. The van der Waals surface area contributed by atoms with E-state index in [-0.39, 0.29) is 5.41 Å². The summed E-state index contributed by atoms with van der Waals surface area (Å²) in [7, 11) is 0. The molecule has 2 aromatic heterocycles. The molecule has 1 amide bonds. The molecule has 1 fully saturated rings. The normalized spacial score (nSPS) is 17.8. The first-order chi connectivity index (χ1) is 16.2. The Bertz CT molecular complexity index is 1040. The van der Waals surface area contributed by atoms with Crippen molar-refractivity contribution in [1.29, 1.82) is 0 Å². The van der Waals surface area contributed by atoms with E-state index in [1.54, 1.807) is 0 Å². The van der Waals surface area contributed by atoms with Crippen LogP contribution in [0.4, 0.5) is 17.3 Å². The second-order valence-electron chi connectivity index (χ2n) is 9.68. The molecule has 3 heterocycles. The number of nitrogens with zero attached hydrogens (tertiary/aromatic N) is 3. The second kappa shape index (κ2) is 10.6. The smallest absolute Gasteiger partial charge is 0.252 e. The van der Waals surface area contributed by atoms with Gasteiger partial charge in [-0.1, -0.05) is 37.0 Å². The number of anilines is 3. The van der Waals surface area contributed by atoms with Crippen molar-refractivity contribution in [1.82, 2.24) is 14.9 Å². The lowest BCUT2D eigenvalue weighted by Gasteiger charge is -2.34. The highest BCUT2D eigenvalue weighted by atomic mass is 35.5. The van der Waals surface area contributed by atoms with Crippen molar-refractivity contribution in [2.75, 3.05) is 50.0 Å². The first kappa shape index (κ1) is 25.0. The zero-order valence-electron chi connectivity index (χ0n) is 19.7. The van der Waals surface area contributed by atoms with Gasteiger partial charge in [0.25, 0.3) is 5.91 Å². The van der Waals surface area contributed by atoms with Crippen LogP contribution in [0.15, 0.2) is 12.4 Å². The molecule has 0 saturated carbocycles. The predicted octanol–water partition coefficient (Wildman–Crippen LogP) is 4.28. The number of halogens is 2. The van der Waals surface area contributed by atoms with Gasteiger partial charge >= 0.3 is 0 Å². The Morgan fingerprint density at radius 2 is 1.88 bits per heavy atom. The molecule has 0 spiro atoms. The second-order valence-corrected chi connectivity index (χ2v) is 10.5. The van der Waals surface area contributed by atoms with Crippen LogP contribution in [0.25, 0.3) is 0 Å². The monoisotopic (exact) mass is 506 g/mol. The molecule has 0 atom stereocenters. The number of primary amides is 1. The van der Waals surface area contributed by atoms with Gasteiger partial charge in [0.05, 0.1) is 34.5 Å². The van der Waals surface area contributed by atoms with Gasteiger partial charge in [-0.2, -0.15) is 0 Å². The average Bonchev–Trinajstić information content (AvgIpc) is 2.78. The van der Waals surface area contributed by atoms with Gasteiger partial charge in [-0.25, -0.2) is 4.98 Å². The van der Waals surface area contributed by atoms with Crippen molar-refractivity contribution < 1.29 is 9.53 Å². The van der Waals surface area contributed by atoms with Crippen LogP contribution in [0.2, 0.25) is 10.0 Å². The van der Waals surface area contributed by atoms with Crippen LogP contribution >= 0.6 is 23.2 Å². The van der Waals surface area contributed by atoms with Crippen LogP contribution in [-0.2, 0) is 17.6 Å². The van der Waals surface area contributed by atoms with Gasteiger partial charge in [0, 0.05) is 32.0 Å². The van der Waals surface area contributed by atoms with Gasteiger partial charge in [0.2, 0.25) is 0 Å². The molecule has 10 heteroatoms. The minimum atomic E-state index is -0.469. The molecular formula is C24H32Cl2N6O2. The van der Waals surface area contributed by atoms with Crippen LogP contribution < -0.4 is 16.4 Å². The Hall–Kier alpha value is -2.13. The van der Waals surface area contributed by atoms with Gasteiger partial charge < -0.3 is 21.1 Å². The number of morpholine rings is 1. The molecule has 4 rings (SSSR count). The number of carbonyl (C=O) groups excluding carboxylic acids is 1. The summed E-state index contributed by atoms with van der Waals surface area (Å²) in [5.41, 5.74) is 8.89. The molecule has 2 aromatic rings. The molecule has 2 aliphatic rings. The molecule has 1 aliphatic carbocycles. The van der Waals surface area contributed by atoms with Crippen molar-refractivity contribution in [3.05, 3.63) is 39.1 Å². The van der Waals surface area contributed by atoms with Crippen molar-refractivity contribution in [2.24, 2.45) is 11.1 Å². The number of nitrogens with two attached hydrogens (primary N) is 1. The molecule has 184 valence electrons. The fraction of sp³-hybridized carbons (Fsp3) is 0.542. The molecule has 8 nitrogen and oxygen atoms in total. The maximum absolute atomic E-state index is 12.6. The lowest BCUT2D eigenvalue weighted by molar-refractivity contribution is 0.0378. The zero-order chi connectivity index (χ0) is 24.3. The highest BCUT2D eigenvalue weighted by Crippen LogP contribution is 2.42. The van der Waals surface area contributed by atoms with Gasteiger partial charge in [0.1, 0.15) is 11.6 Å². The first-order valence-corrected chi connectivity index (χ1v) is 12.5. The number of aromatic nitrogens is 2. The summed E-state index contributed by atoms with van der Waals surface area (Å²) in [6.45, 7) is 9.48. The van der Waals surface area contributed by atoms with E-state index >= 15 is 0 Å². The SMILES string of the molecule is CC1(C)CCc2c(Nc3c(Cl)cncc3Cl)nc(NCCCN3CCOCC3)c(C(N)=O)c2C1. The van der Waals surface area contributed by atoms with Crippen LogP contribution in [0.5, 0.6) is 0 Å². The van der Waals surface area contributed by atoms with E-state index in [1.807, 2.05) is 0 Å². The van der Waals surface area contributed by atoms with Crippen LogP contribution in [0, 0.1) is 5.41 Å². The maximum Gasteiger partial charge on any atom is 0.252 e.